The first-order valence-electron chi connectivity index (χ1n) is 5.60. The summed E-state index contributed by atoms with van der Waals surface area (Å²) in [7, 11) is -3.58. The fraction of sp³-hybridized carbons (Fsp3) is 0.250. The van der Waals surface area contributed by atoms with Crippen molar-refractivity contribution < 1.29 is 13.5 Å². The molecule has 19 heavy (non-hydrogen) atoms. The Morgan fingerprint density at radius 2 is 2.21 bits per heavy atom. The largest absolute Gasteiger partial charge is 0.392 e. The molecule has 102 valence electrons. The third-order valence-corrected chi connectivity index (χ3v) is 4.97. The number of aliphatic hydroxyl groups is 1. The van der Waals surface area contributed by atoms with Crippen molar-refractivity contribution in [2.75, 3.05) is 0 Å². The lowest BCUT2D eigenvalue weighted by Gasteiger charge is -2.09. The van der Waals surface area contributed by atoms with Crippen LogP contribution in [0.25, 0.3) is 0 Å². The van der Waals surface area contributed by atoms with E-state index in [2.05, 4.69) is 9.71 Å². The van der Waals surface area contributed by atoms with Gasteiger partial charge in [0, 0.05) is 17.6 Å². The summed E-state index contributed by atoms with van der Waals surface area (Å²) in [6, 6.07) is 4.88. The minimum atomic E-state index is -3.58. The van der Waals surface area contributed by atoms with Gasteiger partial charge in [-0.05, 0) is 24.1 Å². The Kier molecular flexibility index (Phi) is 4.31. The molecule has 7 heteroatoms. The molecular weight excluding hydrogens is 284 g/mol. The van der Waals surface area contributed by atoms with E-state index in [-0.39, 0.29) is 18.0 Å². The number of nitrogens with one attached hydrogen (secondary N) is 1. The van der Waals surface area contributed by atoms with E-state index in [0.717, 1.165) is 4.88 Å². The Labute approximate surface area is 116 Å². The average Bonchev–Trinajstić information content (AvgIpc) is 2.90. The zero-order valence-corrected chi connectivity index (χ0v) is 12.0. The predicted molar refractivity (Wildman–Crippen MR) is 73.2 cm³/mol. The van der Waals surface area contributed by atoms with Crippen LogP contribution in [-0.2, 0) is 23.2 Å². The fourth-order valence-electron chi connectivity index (χ4n) is 1.61. The van der Waals surface area contributed by atoms with Gasteiger partial charge in [0.1, 0.15) is 0 Å². The van der Waals surface area contributed by atoms with Gasteiger partial charge in [0.2, 0.25) is 10.0 Å². The van der Waals surface area contributed by atoms with Crippen molar-refractivity contribution in [2.24, 2.45) is 0 Å². The van der Waals surface area contributed by atoms with Crippen molar-refractivity contribution in [1.29, 1.82) is 0 Å². The second-order valence-electron chi connectivity index (χ2n) is 4.05. The number of rotatable bonds is 5. The van der Waals surface area contributed by atoms with Gasteiger partial charge in [0.25, 0.3) is 0 Å². The van der Waals surface area contributed by atoms with Crippen LogP contribution in [-0.4, -0.2) is 18.5 Å². The maximum Gasteiger partial charge on any atom is 0.241 e. The van der Waals surface area contributed by atoms with Crippen molar-refractivity contribution in [3.63, 3.8) is 0 Å². The van der Waals surface area contributed by atoms with Gasteiger partial charge in [-0.25, -0.2) is 13.1 Å². The van der Waals surface area contributed by atoms with Crippen molar-refractivity contribution in [2.45, 2.75) is 25.0 Å². The molecule has 0 saturated carbocycles. The molecule has 0 unspecified atom stereocenters. The number of aliphatic hydroxyl groups excluding tert-OH is 1. The van der Waals surface area contributed by atoms with Crippen LogP contribution >= 0.6 is 11.3 Å². The van der Waals surface area contributed by atoms with Gasteiger partial charge < -0.3 is 5.11 Å². The first-order valence-corrected chi connectivity index (χ1v) is 7.96. The Morgan fingerprint density at radius 1 is 1.42 bits per heavy atom. The average molecular weight is 298 g/mol. The van der Waals surface area contributed by atoms with Crippen LogP contribution in [0.4, 0.5) is 0 Å². The molecule has 0 aliphatic rings. The zero-order chi connectivity index (χ0) is 13.9. The van der Waals surface area contributed by atoms with Crippen molar-refractivity contribution in [3.8, 4) is 0 Å². The Balaban J connectivity index is 2.23. The van der Waals surface area contributed by atoms with Crippen LogP contribution in [0.5, 0.6) is 0 Å². The third kappa shape index (κ3) is 3.38. The maximum absolute atomic E-state index is 12.2. The zero-order valence-electron chi connectivity index (χ0n) is 10.3. The van der Waals surface area contributed by atoms with Gasteiger partial charge in [-0.1, -0.05) is 12.1 Å². The molecule has 1 heterocycles. The highest BCUT2D eigenvalue weighted by Crippen LogP contribution is 2.18. The van der Waals surface area contributed by atoms with E-state index in [0.29, 0.717) is 11.1 Å². The lowest BCUT2D eigenvalue weighted by molar-refractivity contribution is 0.281. The van der Waals surface area contributed by atoms with Crippen molar-refractivity contribution >= 4 is 21.4 Å². The van der Waals surface area contributed by atoms with Crippen LogP contribution in [0.15, 0.2) is 34.8 Å². The van der Waals surface area contributed by atoms with Crippen LogP contribution in [0.2, 0.25) is 0 Å². The number of hydrogen-bond donors (Lipinski definition) is 2. The lowest BCUT2D eigenvalue weighted by atomic mass is 10.2. The van der Waals surface area contributed by atoms with Crippen molar-refractivity contribution in [1.82, 2.24) is 9.71 Å². The predicted octanol–water partition coefficient (Wildman–Crippen LogP) is 1.42. The summed E-state index contributed by atoms with van der Waals surface area (Å²) >= 11 is 1.39. The highest BCUT2D eigenvalue weighted by atomic mass is 32.2. The molecule has 0 fully saturated rings. The molecular formula is C12H14N2O3S2. The highest BCUT2D eigenvalue weighted by molar-refractivity contribution is 7.89. The van der Waals surface area contributed by atoms with Crippen LogP contribution in [0, 0.1) is 6.92 Å². The minimum absolute atomic E-state index is 0.183. The Bertz CT molecular complexity index is 652. The molecule has 2 rings (SSSR count). The number of benzene rings is 1. The van der Waals surface area contributed by atoms with E-state index in [4.69, 9.17) is 5.11 Å². The van der Waals surface area contributed by atoms with E-state index < -0.39 is 10.0 Å². The van der Waals surface area contributed by atoms with E-state index in [1.165, 1.54) is 17.4 Å². The molecule has 0 amide bonds. The van der Waals surface area contributed by atoms with Gasteiger partial charge in [0.15, 0.2) is 0 Å². The Hall–Kier alpha value is -1.28. The van der Waals surface area contributed by atoms with E-state index in [9.17, 15) is 8.42 Å². The topological polar surface area (TPSA) is 79.3 Å². The molecule has 1 aromatic carbocycles. The van der Waals surface area contributed by atoms with E-state index in [1.54, 1.807) is 30.8 Å². The number of aryl methyl sites for hydroxylation is 1. The summed E-state index contributed by atoms with van der Waals surface area (Å²) in [6.07, 6.45) is 1.63. The summed E-state index contributed by atoms with van der Waals surface area (Å²) in [4.78, 5) is 4.94. The molecule has 5 nitrogen and oxygen atoms in total. The SMILES string of the molecule is Cc1ccc(CO)cc1S(=O)(=O)NCc1cncs1. The van der Waals surface area contributed by atoms with Crippen LogP contribution in [0.1, 0.15) is 16.0 Å². The number of sulfonamides is 1. The van der Waals surface area contributed by atoms with Gasteiger partial charge in [-0.2, -0.15) is 0 Å². The summed E-state index contributed by atoms with van der Waals surface area (Å²) in [5.41, 5.74) is 2.87. The monoisotopic (exact) mass is 298 g/mol. The molecule has 2 N–H and O–H groups in total. The van der Waals surface area contributed by atoms with Crippen LogP contribution in [0.3, 0.4) is 0 Å². The van der Waals surface area contributed by atoms with Gasteiger partial charge in [-0.3, -0.25) is 4.98 Å². The van der Waals surface area contributed by atoms with Gasteiger partial charge in [0.05, 0.1) is 17.0 Å². The number of thiazole rings is 1. The first kappa shape index (κ1) is 14.1. The minimum Gasteiger partial charge on any atom is -0.392 e. The molecule has 0 aliphatic heterocycles. The molecule has 0 bridgehead atoms. The van der Waals surface area contributed by atoms with Crippen molar-refractivity contribution in [3.05, 3.63) is 45.9 Å². The highest BCUT2D eigenvalue weighted by Gasteiger charge is 2.17. The first-order chi connectivity index (χ1) is 9.03. The summed E-state index contributed by atoms with van der Waals surface area (Å²) in [5.74, 6) is 0. The second-order valence-corrected chi connectivity index (χ2v) is 6.76. The number of aromatic nitrogens is 1. The standard InChI is InChI=1S/C12H14N2O3S2/c1-9-2-3-10(7-15)4-12(9)19(16,17)14-6-11-5-13-8-18-11/h2-5,8,14-15H,6-7H2,1H3. The smallest absolute Gasteiger partial charge is 0.241 e. The molecule has 0 radical (unpaired) electrons. The molecule has 1 aromatic heterocycles. The number of nitrogens with zero attached hydrogens (tertiary/aromatic N) is 1. The molecule has 0 atom stereocenters. The van der Waals surface area contributed by atoms with E-state index in [1.807, 2.05) is 0 Å². The second kappa shape index (κ2) is 5.79. The molecule has 0 saturated heterocycles. The number of hydrogen-bond acceptors (Lipinski definition) is 5. The summed E-state index contributed by atoms with van der Waals surface area (Å²) in [5, 5.41) is 9.08. The fourth-order valence-corrected chi connectivity index (χ4v) is 3.53. The van der Waals surface area contributed by atoms with E-state index >= 15 is 0 Å². The lowest BCUT2D eigenvalue weighted by Crippen LogP contribution is -2.23. The normalized spacial score (nSPS) is 11.7. The Morgan fingerprint density at radius 3 is 2.84 bits per heavy atom. The maximum atomic E-state index is 12.2. The third-order valence-electron chi connectivity index (χ3n) is 2.64. The van der Waals surface area contributed by atoms with Crippen LogP contribution < -0.4 is 4.72 Å². The summed E-state index contributed by atoms with van der Waals surface area (Å²) < 4.78 is 26.9. The van der Waals surface area contributed by atoms with Gasteiger partial charge in [-0.15, -0.1) is 11.3 Å². The quantitative estimate of drug-likeness (QED) is 0.875. The molecule has 0 spiro atoms. The molecule has 2 aromatic rings. The van der Waals surface area contributed by atoms with Gasteiger partial charge >= 0.3 is 0 Å². The molecule has 0 aliphatic carbocycles. The summed E-state index contributed by atoms with van der Waals surface area (Å²) in [6.45, 7) is 1.76.